The molecule has 1 aromatic heterocycles. The number of nitrogens with zero attached hydrogens (tertiary/aromatic N) is 1. The van der Waals surface area contributed by atoms with Crippen molar-refractivity contribution >= 4 is 46.1 Å². The van der Waals surface area contributed by atoms with Crippen LogP contribution in [0.3, 0.4) is 0 Å². The Morgan fingerprint density at radius 1 is 1.25 bits per heavy atom. The smallest absolute Gasteiger partial charge is 0.411 e. The van der Waals surface area contributed by atoms with Crippen molar-refractivity contribution in [1.82, 2.24) is 4.98 Å². The molecule has 0 aliphatic rings. The van der Waals surface area contributed by atoms with E-state index in [1.807, 2.05) is 32.0 Å². The topological polar surface area (TPSA) is 89.3 Å². The average molecular weight is 417 g/mol. The minimum absolute atomic E-state index is 0.145. The maximum absolute atomic E-state index is 12.1. The van der Waals surface area contributed by atoms with Gasteiger partial charge in [0, 0.05) is 23.3 Å². The Morgan fingerprint density at radius 3 is 2.71 bits per heavy atom. The molecule has 0 saturated heterocycles. The van der Waals surface area contributed by atoms with Crippen LogP contribution < -0.4 is 16.4 Å². The summed E-state index contributed by atoms with van der Waals surface area (Å²) >= 11 is 7.53. The molecular formula is C20H21ClN4O2S. The Labute approximate surface area is 172 Å². The van der Waals surface area contributed by atoms with E-state index < -0.39 is 6.09 Å². The maximum Gasteiger partial charge on any atom is 0.411 e. The number of anilines is 3. The van der Waals surface area contributed by atoms with Gasteiger partial charge >= 0.3 is 6.09 Å². The highest BCUT2D eigenvalue weighted by Gasteiger charge is 2.14. The van der Waals surface area contributed by atoms with Crippen LogP contribution in [0, 0.1) is 13.8 Å². The molecule has 8 heteroatoms. The van der Waals surface area contributed by atoms with Crippen LogP contribution in [-0.4, -0.2) is 18.1 Å². The number of nitrogen functional groups attached to an aromatic ring is 1. The molecule has 1 amide bonds. The Hall–Kier alpha value is -2.77. The van der Waals surface area contributed by atoms with Gasteiger partial charge < -0.3 is 15.8 Å². The molecule has 2 aromatic carbocycles. The Balaban J connectivity index is 1.65. The molecule has 0 unspecified atom stereocenters. The van der Waals surface area contributed by atoms with E-state index in [0.717, 1.165) is 32.4 Å². The predicted octanol–water partition coefficient (Wildman–Crippen LogP) is 5.45. The van der Waals surface area contributed by atoms with Crippen LogP contribution in [0.1, 0.15) is 16.1 Å². The van der Waals surface area contributed by atoms with Crippen molar-refractivity contribution < 1.29 is 9.53 Å². The predicted molar refractivity (Wildman–Crippen MR) is 116 cm³/mol. The molecule has 0 fully saturated rings. The number of halogens is 1. The first kappa shape index (κ1) is 20.0. The number of aromatic nitrogens is 1. The van der Waals surface area contributed by atoms with Crippen molar-refractivity contribution in [2.24, 2.45) is 0 Å². The number of aryl methyl sites for hydroxylation is 2. The summed E-state index contributed by atoms with van der Waals surface area (Å²) in [7, 11) is 1.78. The third-order valence-corrected chi connectivity index (χ3v) is 5.61. The molecule has 0 bridgehead atoms. The van der Waals surface area contributed by atoms with Gasteiger partial charge in [0.2, 0.25) is 0 Å². The lowest BCUT2D eigenvalue weighted by atomic mass is 10.1. The number of nitrogens with two attached hydrogens (primary N) is 1. The second kappa shape index (κ2) is 8.50. The van der Waals surface area contributed by atoms with Crippen LogP contribution in [-0.2, 0) is 11.3 Å². The monoisotopic (exact) mass is 416 g/mol. The first-order valence-corrected chi connectivity index (χ1v) is 9.80. The van der Waals surface area contributed by atoms with Gasteiger partial charge in [-0.2, -0.15) is 0 Å². The SMILES string of the molecule is CNc1ccc(NC(=O)OCc2sc(-c3ccc(Cl)cc3C)nc2C)cc1N. The number of carbonyl (C=O) groups excluding carboxylic acids is 1. The van der Waals surface area contributed by atoms with E-state index in [4.69, 9.17) is 22.1 Å². The van der Waals surface area contributed by atoms with E-state index in [-0.39, 0.29) is 6.61 Å². The summed E-state index contributed by atoms with van der Waals surface area (Å²) in [5.74, 6) is 0. The van der Waals surface area contributed by atoms with E-state index in [9.17, 15) is 4.79 Å². The number of benzene rings is 2. The highest BCUT2D eigenvalue weighted by atomic mass is 35.5. The molecule has 0 aliphatic heterocycles. The van der Waals surface area contributed by atoms with E-state index in [1.54, 1.807) is 25.2 Å². The summed E-state index contributed by atoms with van der Waals surface area (Å²) < 4.78 is 5.35. The summed E-state index contributed by atoms with van der Waals surface area (Å²) in [4.78, 5) is 17.6. The third kappa shape index (κ3) is 4.55. The molecule has 4 N–H and O–H groups in total. The quantitative estimate of drug-likeness (QED) is 0.481. The number of carbonyl (C=O) groups is 1. The zero-order valence-corrected chi connectivity index (χ0v) is 17.4. The highest BCUT2D eigenvalue weighted by molar-refractivity contribution is 7.15. The molecule has 0 saturated carbocycles. The zero-order chi connectivity index (χ0) is 20.3. The first-order valence-electron chi connectivity index (χ1n) is 8.61. The fourth-order valence-corrected chi connectivity index (χ4v) is 3.99. The van der Waals surface area contributed by atoms with E-state index in [0.29, 0.717) is 16.4 Å². The highest BCUT2D eigenvalue weighted by Crippen LogP contribution is 2.32. The van der Waals surface area contributed by atoms with Crippen molar-refractivity contribution in [3.8, 4) is 10.6 Å². The molecular weight excluding hydrogens is 396 g/mol. The molecule has 1 heterocycles. The van der Waals surface area contributed by atoms with Crippen LogP contribution in [0.2, 0.25) is 5.02 Å². The van der Waals surface area contributed by atoms with Gasteiger partial charge in [-0.3, -0.25) is 5.32 Å². The van der Waals surface area contributed by atoms with Crippen LogP contribution in [0.15, 0.2) is 36.4 Å². The van der Waals surface area contributed by atoms with Crippen molar-refractivity contribution in [1.29, 1.82) is 0 Å². The van der Waals surface area contributed by atoms with Gasteiger partial charge in [0.15, 0.2) is 0 Å². The van der Waals surface area contributed by atoms with Crippen LogP contribution in [0.5, 0.6) is 0 Å². The van der Waals surface area contributed by atoms with E-state index >= 15 is 0 Å². The lowest BCUT2D eigenvalue weighted by Gasteiger charge is -2.09. The van der Waals surface area contributed by atoms with Crippen LogP contribution in [0.25, 0.3) is 10.6 Å². The van der Waals surface area contributed by atoms with Gasteiger partial charge in [0.25, 0.3) is 0 Å². The summed E-state index contributed by atoms with van der Waals surface area (Å²) in [5, 5.41) is 7.22. The number of hydrogen-bond donors (Lipinski definition) is 3. The molecule has 0 aliphatic carbocycles. The number of hydrogen-bond acceptors (Lipinski definition) is 6. The van der Waals surface area contributed by atoms with E-state index in [2.05, 4.69) is 15.6 Å². The van der Waals surface area contributed by atoms with Gasteiger partial charge in [0.1, 0.15) is 11.6 Å². The number of amides is 1. The van der Waals surface area contributed by atoms with Gasteiger partial charge in [-0.05, 0) is 49.7 Å². The Bertz CT molecular complexity index is 1020. The molecule has 3 aromatic rings. The molecule has 28 heavy (non-hydrogen) atoms. The molecule has 6 nitrogen and oxygen atoms in total. The normalized spacial score (nSPS) is 10.6. The minimum Gasteiger partial charge on any atom is -0.444 e. The van der Waals surface area contributed by atoms with Crippen LogP contribution >= 0.6 is 22.9 Å². The zero-order valence-electron chi connectivity index (χ0n) is 15.8. The molecule has 3 rings (SSSR count). The van der Waals surface area contributed by atoms with Crippen molar-refractivity contribution in [2.45, 2.75) is 20.5 Å². The summed E-state index contributed by atoms with van der Waals surface area (Å²) in [6.45, 7) is 4.04. The Kier molecular flexibility index (Phi) is 6.06. The van der Waals surface area contributed by atoms with Crippen molar-refractivity contribution in [3.05, 3.63) is 57.6 Å². The second-order valence-electron chi connectivity index (χ2n) is 6.24. The second-order valence-corrected chi connectivity index (χ2v) is 7.76. The standard InChI is InChI=1S/C20H21ClN4O2S/c1-11-8-13(21)4-6-15(11)19-24-12(2)18(28-19)10-27-20(26)25-14-5-7-17(23-3)16(22)9-14/h4-9,23H,10,22H2,1-3H3,(H,25,26). The summed E-state index contributed by atoms with van der Waals surface area (Å²) in [5.41, 5.74) is 10.7. The van der Waals surface area contributed by atoms with Gasteiger partial charge in [0.05, 0.1) is 21.9 Å². The van der Waals surface area contributed by atoms with Crippen molar-refractivity contribution in [3.63, 3.8) is 0 Å². The fraction of sp³-hybridized carbons (Fsp3) is 0.200. The number of thiazole rings is 1. The summed E-state index contributed by atoms with van der Waals surface area (Å²) in [6.07, 6.45) is -0.548. The average Bonchev–Trinajstić information content (AvgIpc) is 3.00. The lowest BCUT2D eigenvalue weighted by molar-refractivity contribution is 0.156. The molecule has 0 spiro atoms. The molecule has 0 radical (unpaired) electrons. The van der Waals surface area contributed by atoms with Gasteiger partial charge in [-0.1, -0.05) is 17.7 Å². The number of rotatable bonds is 5. The van der Waals surface area contributed by atoms with Gasteiger partial charge in [-0.15, -0.1) is 11.3 Å². The van der Waals surface area contributed by atoms with Gasteiger partial charge in [-0.25, -0.2) is 9.78 Å². The Morgan fingerprint density at radius 2 is 2.04 bits per heavy atom. The molecule has 0 atom stereocenters. The summed E-state index contributed by atoms with van der Waals surface area (Å²) in [6, 6.07) is 10.9. The fourth-order valence-electron chi connectivity index (χ4n) is 2.70. The van der Waals surface area contributed by atoms with E-state index in [1.165, 1.54) is 11.3 Å². The number of nitrogens with one attached hydrogen (secondary N) is 2. The largest absolute Gasteiger partial charge is 0.444 e. The first-order chi connectivity index (χ1) is 13.4. The third-order valence-electron chi connectivity index (χ3n) is 4.21. The lowest BCUT2D eigenvalue weighted by Crippen LogP contribution is -2.13. The minimum atomic E-state index is -0.548. The number of ether oxygens (including phenoxy) is 1. The van der Waals surface area contributed by atoms with Crippen LogP contribution in [0.4, 0.5) is 21.9 Å². The maximum atomic E-state index is 12.1. The molecule has 146 valence electrons. The van der Waals surface area contributed by atoms with Crippen molar-refractivity contribution in [2.75, 3.05) is 23.4 Å².